The number of alkyl halides is 1. The van der Waals surface area contributed by atoms with Crippen molar-refractivity contribution < 1.29 is 13.2 Å². The highest BCUT2D eigenvalue weighted by atomic mass is 79.9. The molecule has 2 aromatic carbocycles. The maximum absolute atomic E-state index is 12.0. The van der Waals surface area contributed by atoms with Crippen LogP contribution in [0, 0.1) is 6.92 Å². The van der Waals surface area contributed by atoms with Gasteiger partial charge in [-0.2, -0.15) is 8.42 Å². The van der Waals surface area contributed by atoms with E-state index in [2.05, 4.69) is 25.4 Å². The fraction of sp³-hybridized carbons (Fsp3) is 0.133. The Hall–Kier alpha value is -1.86. The average Bonchev–Trinajstić information content (AvgIpc) is 2.49. The molecule has 5 nitrogen and oxygen atoms in total. The van der Waals surface area contributed by atoms with Crippen molar-refractivity contribution in [1.29, 1.82) is 0 Å². The molecular formula is C15H15BrN2O3S. The Balaban J connectivity index is 2.08. The minimum Gasteiger partial charge on any atom is -0.293 e. The van der Waals surface area contributed by atoms with E-state index in [0.717, 1.165) is 5.56 Å². The van der Waals surface area contributed by atoms with E-state index in [1.807, 2.05) is 19.1 Å². The molecule has 2 rings (SSSR count). The zero-order chi connectivity index (χ0) is 16.2. The van der Waals surface area contributed by atoms with Gasteiger partial charge in [-0.15, -0.1) is 0 Å². The Bertz CT molecular complexity index is 756. The van der Waals surface area contributed by atoms with Gasteiger partial charge < -0.3 is 0 Å². The molecule has 0 aromatic heterocycles. The third kappa shape index (κ3) is 4.57. The number of carbonyl (C=O) groups is 1. The van der Waals surface area contributed by atoms with Gasteiger partial charge in [-0.25, -0.2) is 0 Å². The van der Waals surface area contributed by atoms with Gasteiger partial charge in [-0.05, 0) is 43.3 Å². The zero-order valence-electron chi connectivity index (χ0n) is 11.8. The molecule has 0 radical (unpaired) electrons. The Morgan fingerprint density at radius 3 is 1.86 bits per heavy atom. The Kier molecular flexibility index (Phi) is 5.20. The van der Waals surface area contributed by atoms with E-state index in [1.54, 1.807) is 36.4 Å². The van der Waals surface area contributed by atoms with Crippen LogP contribution in [-0.2, 0) is 10.2 Å². The summed E-state index contributed by atoms with van der Waals surface area (Å²) >= 11 is 3.09. The lowest BCUT2D eigenvalue weighted by Gasteiger charge is -2.11. The summed E-state index contributed by atoms with van der Waals surface area (Å²) < 4.78 is 28.9. The lowest BCUT2D eigenvalue weighted by atomic mass is 10.1. The molecular weight excluding hydrogens is 368 g/mol. The molecule has 0 aliphatic carbocycles. The lowest BCUT2D eigenvalue weighted by Crippen LogP contribution is -2.21. The summed E-state index contributed by atoms with van der Waals surface area (Å²) in [4.78, 5) is 11.5. The van der Waals surface area contributed by atoms with E-state index in [4.69, 9.17) is 0 Å². The highest BCUT2D eigenvalue weighted by Crippen LogP contribution is 2.15. The van der Waals surface area contributed by atoms with Gasteiger partial charge in [0.15, 0.2) is 5.78 Å². The van der Waals surface area contributed by atoms with Crippen molar-refractivity contribution in [2.75, 3.05) is 14.8 Å². The number of hydrogen-bond acceptors (Lipinski definition) is 3. The first-order chi connectivity index (χ1) is 10.4. The number of hydrogen-bond donors (Lipinski definition) is 2. The summed E-state index contributed by atoms with van der Waals surface area (Å²) in [6.07, 6.45) is 0. The monoisotopic (exact) mass is 382 g/mol. The van der Waals surface area contributed by atoms with Gasteiger partial charge in [0.05, 0.1) is 16.7 Å². The van der Waals surface area contributed by atoms with E-state index in [1.165, 1.54) is 0 Å². The summed E-state index contributed by atoms with van der Waals surface area (Å²) in [5.41, 5.74) is 2.42. The van der Waals surface area contributed by atoms with Crippen molar-refractivity contribution in [2.45, 2.75) is 6.92 Å². The molecule has 116 valence electrons. The predicted molar refractivity (Wildman–Crippen MR) is 91.9 cm³/mol. The van der Waals surface area contributed by atoms with Gasteiger partial charge in [0, 0.05) is 5.56 Å². The second-order valence-corrected chi connectivity index (χ2v) is 6.68. The van der Waals surface area contributed by atoms with Gasteiger partial charge in [0.1, 0.15) is 0 Å². The van der Waals surface area contributed by atoms with Crippen LogP contribution in [0.15, 0.2) is 48.5 Å². The number of ketones is 1. The minimum absolute atomic E-state index is 0.0628. The van der Waals surface area contributed by atoms with Gasteiger partial charge in [-0.3, -0.25) is 14.2 Å². The molecule has 0 aliphatic heterocycles. The number of aryl methyl sites for hydroxylation is 1. The van der Waals surface area contributed by atoms with Gasteiger partial charge in [0.2, 0.25) is 0 Å². The molecule has 2 N–H and O–H groups in total. The fourth-order valence-electron chi connectivity index (χ4n) is 1.76. The van der Waals surface area contributed by atoms with Crippen molar-refractivity contribution in [2.24, 2.45) is 0 Å². The van der Waals surface area contributed by atoms with Crippen LogP contribution in [0.2, 0.25) is 0 Å². The highest BCUT2D eigenvalue weighted by Gasteiger charge is 2.10. The van der Waals surface area contributed by atoms with E-state index in [9.17, 15) is 13.2 Å². The number of rotatable bonds is 6. The van der Waals surface area contributed by atoms with E-state index >= 15 is 0 Å². The molecule has 0 bridgehead atoms. The first-order valence-corrected chi connectivity index (χ1v) is 9.06. The van der Waals surface area contributed by atoms with Crippen molar-refractivity contribution in [3.05, 3.63) is 59.7 Å². The SMILES string of the molecule is Cc1ccc(NS(=O)(=O)Nc2ccc(C(=O)CBr)cc2)cc1. The second-order valence-electron chi connectivity index (χ2n) is 4.71. The van der Waals surface area contributed by atoms with Crippen molar-refractivity contribution in [1.82, 2.24) is 0 Å². The molecule has 0 fully saturated rings. The highest BCUT2D eigenvalue weighted by molar-refractivity contribution is 9.09. The maximum Gasteiger partial charge on any atom is 0.321 e. The largest absolute Gasteiger partial charge is 0.321 e. The number of Topliss-reactive ketones (excluding diaryl/α,β-unsaturated/α-hetero) is 1. The van der Waals surface area contributed by atoms with Crippen LogP contribution in [0.1, 0.15) is 15.9 Å². The molecule has 0 unspecified atom stereocenters. The van der Waals surface area contributed by atoms with Crippen LogP contribution in [0.4, 0.5) is 11.4 Å². The first-order valence-electron chi connectivity index (χ1n) is 6.46. The third-order valence-corrected chi connectivity index (χ3v) is 4.40. The van der Waals surface area contributed by atoms with Crippen LogP contribution in [0.5, 0.6) is 0 Å². The molecule has 0 aliphatic rings. The van der Waals surface area contributed by atoms with Crippen LogP contribution in [0.3, 0.4) is 0 Å². The standard InChI is InChI=1S/C15H15BrN2O3S/c1-11-2-6-13(7-3-11)17-22(20,21)18-14-8-4-12(5-9-14)15(19)10-16/h2-9,17-18H,10H2,1H3. The molecule has 22 heavy (non-hydrogen) atoms. The zero-order valence-corrected chi connectivity index (χ0v) is 14.2. The number of benzene rings is 2. The quantitative estimate of drug-likeness (QED) is 0.594. The number of nitrogens with one attached hydrogen (secondary N) is 2. The Labute approximate surface area is 138 Å². The molecule has 2 aromatic rings. The average molecular weight is 383 g/mol. The van der Waals surface area contributed by atoms with Gasteiger partial charge in [0.25, 0.3) is 0 Å². The number of halogens is 1. The maximum atomic E-state index is 12.0. The van der Waals surface area contributed by atoms with E-state index < -0.39 is 10.2 Å². The Morgan fingerprint density at radius 1 is 0.955 bits per heavy atom. The van der Waals surface area contributed by atoms with E-state index in [-0.39, 0.29) is 11.1 Å². The summed E-state index contributed by atoms with van der Waals surface area (Å²) in [6.45, 7) is 1.92. The number of anilines is 2. The number of carbonyl (C=O) groups excluding carboxylic acids is 1. The van der Waals surface area contributed by atoms with Crippen molar-refractivity contribution in [3.8, 4) is 0 Å². The molecule has 0 atom stereocenters. The van der Waals surface area contributed by atoms with Gasteiger partial charge >= 0.3 is 10.2 Å². The van der Waals surface area contributed by atoms with Crippen LogP contribution in [-0.4, -0.2) is 19.5 Å². The Morgan fingerprint density at radius 2 is 1.41 bits per heavy atom. The summed E-state index contributed by atoms with van der Waals surface area (Å²) in [7, 11) is -3.73. The molecule has 7 heteroatoms. The van der Waals surface area contributed by atoms with Crippen molar-refractivity contribution >= 4 is 43.3 Å². The molecule has 0 heterocycles. The van der Waals surface area contributed by atoms with E-state index in [0.29, 0.717) is 16.9 Å². The summed E-state index contributed by atoms with van der Waals surface area (Å²) in [5.74, 6) is -0.0628. The van der Waals surface area contributed by atoms with Crippen LogP contribution < -0.4 is 9.44 Å². The molecule has 0 amide bonds. The predicted octanol–water partition coefficient (Wildman–Crippen LogP) is 3.34. The lowest BCUT2D eigenvalue weighted by molar-refractivity contribution is 0.102. The first kappa shape index (κ1) is 16.5. The molecule has 0 spiro atoms. The van der Waals surface area contributed by atoms with Gasteiger partial charge in [-0.1, -0.05) is 33.6 Å². The third-order valence-electron chi connectivity index (χ3n) is 2.88. The minimum atomic E-state index is -3.73. The topological polar surface area (TPSA) is 75.3 Å². The fourth-order valence-corrected chi connectivity index (χ4v) is 3.03. The molecule has 0 saturated heterocycles. The molecule has 0 saturated carbocycles. The smallest absolute Gasteiger partial charge is 0.293 e. The summed E-state index contributed by atoms with van der Waals surface area (Å²) in [5, 5.41) is 0.229. The van der Waals surface area contributed by atoms with Crippen molar-refractivity contribution in [3.63, 3.8) is 0 Å². The normalized spacial score (nSPS) is 11.0. The summed E-state index contributed by atoms with van der Waals surface area (Å²) in [6, 6.07) is 13.3. The second kappa shape index (κ2) is 6.93. The van der Waals surface area contributed by atoms with Crippen LogP contribution in [0.25, 0.3) is 0 Å². The van der Waals surface area contributed by atoms with Crippen LogP contribution >= 0.6 is 15.9 Å².